The van der Waals surface area contributed by atoms with E-state index < -0.39 is 11.6 Å². The van der Waals surface area contributed by atoms with Crippen molar-refractivity contribution in [2.45, 2.75) is 13.0 Å². The van der Waals surface area contributed by atoms with Gasteiger partial charge in [-0.3, -0.25) is 5.10 Å². The van der Waals surface area contributed by atoms with Crippen molar-refractivity contribution in [1.82, 2.24) is 10.2 Å². The Morgan fingerprint density at radius 3 is 2.81 bits per heavy atom. The van der Waals surface area contributed by atoms with Gasteiger partial charge in [0.2, 0.25) is 0 Å². The zero-order valence-corrected chi connectivity index (χ0v) is 8.67. The molecule has 0 amide bonds. The maximum atomic E-state index is 13.3. The molecule has 5 heteroatoms. The van der Waals surface area contributed by atoms with Crippen LogP contribution in [0.4, 0.5) is 14.5 Å². The standard InChI is InChI=1S/C11H11F2N3/c1-7(10-4-5-14-16-10)15-11-6-8(12)2-3-9(11)13/h2-7,15H,1H3,(H,14,16). The molecule has 0 fully saturated rings. The van der Waals surface area contributed by atoms with E-state index in [0.29, 0.717) is 0 Å². The number of aromatic amines is 1. The highest BCUT2D eigenvalue weighted by molar-refractivity contribution is 5.46. The van der Waals surface area contributed by atoms with Crippen molar-refractivity contribution in [1.29, 1.82) is 0 Å². The van der Waals surface area contributed by atoms with Gasteiger partial charge in [-0.15, -0.1) is 0 Å². The Balaban J connectivity index is 2.17. The molecule has 2 aromatic rings. The molecule has 1 unspecified atom stereocenters. The van der Waals surface area contributed by atoms with E-state index in [1.807, 2.05) is 6.92 Å². The molecule has 0 spiro atoms. The van der Waals surface area contributed by atoms with Crippen LogP contribution in [0.3, 0.4) is 0 Å². The van der Waals surface area contributed by atoms with Crippen LogP contribution in [0.15, 0.2) is 30.5 Å². The van der Waals surface area contributed by atoms with Gasteiger partial charge >= 0.3 is 0 Å². The minimum atomic E-state index is -0.479. The number of aromatic nitrogens is 2. The Hall–Kier alpha value is -1.91. The number of H-pyrrole nitrogens is 1. The fourth-order valence-corrected chi connectivity index (χ4v) is 1.43. The van der Waals surface area contributed by atoms with Gasteiger partial charge in [0, 0.05) is 6.20 Å². The molecule has 2 rings (SSSR count). The number of halogens is 2. The predicted octanol–water partition coefficient (Wildman–Crippen LogP) is 2.86. The van der Waals surface area contributed by atoms with Crippen LogP contribution in [0.1, 0.15) is 18.7 Å². The van der Waals surface area contributed by atoms with Crippen molar-refractivity contribution < 1.29 is 8.78 Å². The van der Waals surface area contributed by atoms with Crippen LogP contribution >= 0.6 is 0 Å². The molecule has 0 bridgehead atoms. The van der Waals surface area contributed by atoms with Crippen LogP contribution in [-0.2, 0) is 0 Å². The van der Waals surface area contributed by atoms with E-state index in [1.54, 1.807) is 12.3 Å². The fraction of sp³-hybridized carbons (Fsp3) is 0.182. The summed E-state index contributed by atoms with van der Waals surface area (Å²) in [6.07, 6.45) is 1.61. The Bertz CT molecular complexity index is 468. The number of nitrogens with zero attached hydrogens (tertiary/aromatic N) is 1. The third-order valence-corrected chi connectivity index (χ3v) is 2.29. The third kappa shape index (κ3) is 2.18. The van der Waals surface area contributed by atoms with E-state index in [2.05, 4.69) is 15.5 Å². The quantitative estimate of drug-likeness (QED) is 0.840. The minimum Gasteiger partial charge on any atom is -0.375 e. The van der Waals surface area contributed by atoms with Crippen molar-refractivity contribution in [2.24, 2.45) is 0 Å². The highest BCUT2D eigenvalue weighted by atomic mass is 19.1. The van der Waals surface area contributed by atoms with E-state index in [4.69, 9.17) is 0 Å². The number of hydrogen-bond donors (Lipinski definition) is 2. The first-order valence-electron chi connectivity index (χ1n) is 4.87. The summed E-state index contributed by atoms with van der Waals surface area (Å²) in [5, 5.41) is 9.42. The number of rotatable bonds is 3. The first kappa shape index (κ1) is 10.6. The summed E-state index contributed by atoms with van der Waals surface area (Å²) in [6.45, 7) is 1.83. The van der Waals surface area contributed by atoms with Gasteiger partial charge in [0.15, 0.2) is 0 Å². The van der Waals surface area contributed by atoms with Crippen LogP contribution < -0.4 is 5.32 Å². The topological polar surface area (TPSA) is 40.7 Å². The number of nitrogens with one attached hydrogen (secondary N) is 2. The number of hydrogen-bond acceptors (Lipinski definition) is 2. The van der Waals surface area contributed by atoms with Crippen LogP contribution in [0.2, 0.25) is 0 Å². The van der Waals surface area contributed by atoms with Gasteiger partial charge in [0.25, 0.3) is 0 Å². The molecule has 0 saturated heterocycles. The van der Waals surface area contributed by atoms with Gasteiger partial charge in [0.05, 0.1) is 17.4 Å². The van der Waals surface area contributed by atoms with Gasteiger partial charge in [-0.1, -0.05) is 0 Å². The van der Waals surface area contributed by atoms with E-state index in [-0.39, 0.29) is 11.7 Å². The lowest BCUT2D eigenvalue weighted by atomic mass is 10.2. The van der Waals surface area contributed by atoms with Crippen LogP contribution in [0, 0.1) is 11.6 Å². The molecule has 1 aromatic heterocycles. The third-order valence-electron chi connectivity index (χ3n) is 2.29. The summed E-state index contributed by atoms with van der Waals surface area (Å²) < 4.78 is 26.2. The van der Waals surface area contributed by atoms with Gasteiger partial charge in [-0.05, 0) is 31.2 Å². The molecule has 0 aliphatic carbocycles. The molecule has 84 valence electrons. The molecule has 2 N–H and O–H groups in total. The smallest absolute Gasteiger partial charge is 0.146 e. The van der Waals surface area contributed by atoms with Gasteiger partial charge in [-0.25, -0.2) is 8.78 Å². The molecule has 3 nitrogen and oxygen atoms in total. The summed E-state index contributed by atoms with van der Waals surface area (Å²) >= 11 is 0. The van der Waals surface area contributed by atoms with Crippen molar-refractivity contribution >= 4 is 5.69 Å². The summed E-state index contributed by atoms with van der Waals surface area (Å²) in [7, 11) is 0. The molecule has 1 atom stereocenters. The van der Waals surface area contributed by atoms with Crippen molar-refractivity contribution in [3.63, 3.8) is 0 Å². The molecule has 1 aromatic carbocycles. The first-order valence-corrected chi connectivity index (χ1v) is 4.87. The Morgan fingerprint density at radius 1 is 1.31 bits per heavy atom. The minimum absolute atomic E-state index is 0.141. The summed E-state index contributed by atoms with van der Waals surface area (Å²) in [4.78, 5) is 0. The lowest BCUT2D eigenvalue weighted by molar-refractivity contribution is 0.600. The second-order valence-electron chi connectivity index (χ2n) is 3.50. The molecule has 16 heavy (non-hydrogen) atoms. The molecule has 0 aliphatic heterocycles. The monoisotopic (exact) mass is 223 g/mol. The van der Waals surface area contributed by atoms with E-state index in [9.17, 15) is 8.78 Å². The summed E-state index contributed by atoms with van der Waals surface area (Å²) in [5.41, 5.74) is 0.950. The zero-order valence-electron chi connectivity index (χ0n) is 8.67. The number of benzene rings is 1. The average molecular weight is 223 g/mol. The lowest BCUT2D eigenvalue weighted by Gasteiger charge is -2.14. The second kappa shape index (κ2) is 4.30. The second-order valence-corrected chi connectivity index (χ2v) is 3.50. The SMILES string of the molecule is CC(Nc1cc(F)ccc1F)c1ccn[nH]1. The van der Waals surface area contributed by atoms with Crippen LogP contribution in [-0.4, -0.2) is 10.2 Å². The fourth-order valence-electron chi connectivity index (χ4n) is 1.43. The Kier molecular flexibility index (Phi) is 2.85. The van der Waals surface area contributed by atoms with E-state index in [0.717, 1.165) is 23.9 Å². The molecular formula is C11H11F2N3. The zero-order chi connectivity index (χ0) is 11.5. The van der Waals surface area contributed by atoms with Crippen molar-refractivity contribution in [2.75, 3.05) is 5.32 Å². The molecule has 0 radical (unpaired) electrons. The molecule has 1 heterocycles. The highest BCUT2D eigenvalue weighted by Crippen LogP contribution is 2.21. The average Bonchev–Trinajstić information content (AvgIpc) is 2.76. The number of anilines is 1. The lowest BCUT2D eigenvalue weighted by Crippen LogP contribution is -2.08. The van der Waals surface area contributed by atoms with Crippen molar-refractivity contribution in [3.05, 3.63) is 47.8 Å². The van der Waals surface area contributed by atoms with Gasteiger partial charge < -0.3 is 5.32 Å². The Morgan fingerprint density at radius 2 is 2.12 bits per heavy atom. The van der Waals surface area contributed by atoms with Crippen LogP contribution in [0.25, 0.3) is 0 Å². The van der Waals surface area contributed by atoms with E-state index in [1.165, 1.54) is 0 Å². The molecule has 0 saturated carbocycles. The highest BCUT2D eigenvalue weighted by Gasteiger charge is 2.10. The normalized spacial score (nSPS) is 12.4. The van der Waals surface area contributed by atoms with E-state index >= 15 is 0 Å². The largest absolute Gasteiger partial charge is 0.375 e. The van der Waals surface area contributed by atoms with Gasteiger partial charge in [-0.2, -0.15) is 5.10 Å². The maximum absolute atomic E-state index is 13.3. The van der Waals surface area contributed by atoms with Crippen molar-refractivity contribution in [3.8, 4) is 0 Å². The van der Waals surface area contributed by atoms with Crippen LogP contribution in [0.5, 0.6) is 0 Å². The summed E-state index contributed by atoms with van der Waals surface area (Å²) in [5.74, 6) is -0.950. The first-order chi connectivity index (χ1) is 7.66. The molecular weight excluding hydrogens is 212 g/mol. The summed E-state index contributed by atoms with van der Waals surface area (Å²) in [6, 6.07) is 4.91. The molecule has 0 aliphatic rings. The Labute approximate surface area is 91.5 Å². The predicted molar refractivity (Wildman–Crippen MR) is 57.0 cm³/mol. The maximum Gasteiger partial charge on any atom is 0.146 e. The van der Waals surface area contributed by atoms with Gasteiger partial charge in [0.1, 0.15) is 11.6 Å².